The molecule has 0 saturated heterocycles. The summed E-state index contributed by atoms with van der Waals surface area (Å²) in [5.41, 5.74) is 0. The Morgan fingerprint density at radius 3 is 2.93 bits per heavy atom. The Bertz CT molecular complexity index is 254. The standard InChI is InChI=1S/C10H16BrNS2/c1-8-10(11)6-9(14-8)7-12-4-3-5-13-2/h6,12H,3-5,7H2,1-2H3. The molecule has 0 bridgehead atoms. The Morgan fingerprint density at radius 2 is 2.36 bits per heavy atom. The van der Waals surface area contributed by atoms with Crippen LogP contribution in [0.3, 0.4) is 0 Å². The molecule has 0 atom stereocenters. The molecule has 0 amide bonds. The predicted octanol–water partition coefficient (Wildman–Crippen LogP) is 3.66. The van der Waals surface area contributed by atoms with Gasteiger partial charge in [0.25, 0.3) is 0 Å². The average Bonchev–Trinajstić information content (AvgIpc) is 2.46. The molecule has 1 N–H and O–H groups in total. The Balaban J connectivity index is 2.18. The third kappa shape index (κ3) is 4.34. The summed E-state index contributed by atoms with van der Waals surface area (Å²) in [4.78, 5) is 2.78. The zero-order valence-corrected chi connectivity index (χ0v) is 11.8. The third-order valence-corrected chi connectivity index (χ3v) is 4.74. The Kier molecular flexibility index (Phi) is 6.17. The third-order valence-electron chi connectivity index (χ3n) is 1.91. The number of aryl methyl sites for hydroxylation is 1. The van der Waals surface area contributed by atoms with Gasteiger partial charge in [0.1, 0.15) is 0 Å². The van der Waals surface area contributed by atoms with Crippen LogP contribution in [0, 0.1) is 6.92 Å². The van der Waals surface area contributed by atoms with E-state index in [1.54, 1.807) is 0 Å². The molecular formula is C10H16BrNS2. The van der Waals surface area contributed by atoms with Gasteiger partial charge in [-0.25, -0.2) is 0 Å². The maximum absolute atomic E-state index is 3.53. The molecule has 0 aliphatic carbocycles. The van der Waals surface area contributed by atoms with Gasteiger partial charge in [0.05, 0.1) is 0 Å². The van der Waals surface area contributed by atoms with Crippen LogP contribution in [0.25, 0.3) is 0 Å². The van der Waals surface area contributed by atoms with E-state index in [1.807, 2.05) is 23.1 Å². The van der Waals surface area contributed by atoms with E-state index in [2.05, 4.69) is 40.5 Å². The van der Waals surface area contributed by atoms with Crippen molar-refractivity contribution in [2.45, 2.75) is 19.9 Å². The number of nitrogens with one attached hydrogen (secondary N) is 1. The molecule has 80 valence electrons. The SMILES string of the molecule is CSCCCNCc1cc(Br)c(C)s1. The fourth-order valence-corrected chi connectivity index (χ4v) is 3.16. The molecule has 0 radical (unpaired) electrons. The van der Waals surface area contributed by atoms with Crippen molar-refractivity contribution in [2.75, 3.05) is 18.6 Å². The number of rotatable bonds is 6. The highest BCUT2D eigenvalue weighted by Crippen LogP contribution is 2.25. The lowest BCUT2D eigenvalue weighted by Gasteiger charge is -2.01. The van der Waals surface area contributed by atoms with Crippen molar-refractivity contribution in [3.05, 3.63) is 20.3 Å². The predicted molar refractivity (Wildman–Crippen MR) is 71.5 cm³/mol. The summed E-state index contributed by atoms with van der Waals surface area (Å²) in [5, 5.41) is 3.45. The van der Waals surface area contributed by atoms with Gasteiger partial charge in [-0.05, 0) is 53.9 Å². The summed E-state index contributed by atoms with van der Waals surface area (Å²) >= 11 is 7.30. The number of thioether (sulfide) groups is 1. The molecule has 0 aliphatic rings. The minimum absolute atomic E-state index is 1.01. The lowest BCUT2D eigenvalue weighted by atomic mass is 10.4. The molecule has 0 saturated carbocycles. The topological polar surface area (TPSA) is 12.0 Å². The Labute approximate surface area is 103 Å². The summed E-state index contributed by atoms with van der Waals surface area (Å²) in [7, 11) is 0. The second-order valence-electron chi connectivity index (χ2n) is 3.14. The molecule has 1 heterocycles. The van der Waals surface area contributed by atoms with Gasteiger partial charge >= 0.3 is 0 Å². The first-order chi connectivity index (χ1) is 6.74. The van der Waals surface area contributed by atoms with E-state index in [1.165, 1.54) is 26.4 Å². The normalized spacial score (nSPS) is 10.8. The van der Waals surface area contributed by atoms with E-state index in [0.29, 0.717) is 0 Å². The van der Waals surface area contributed by atoms with E-state index < -0.39 is 0 Å². The lowest BCUT2D eigenvalue weighted by Crippen LogP contribution is -2.14. The molecule has 4 heteroatoms. The van der Waals surface area contributed by atoms with Crippen LogP contribution in [0.5, 0.6) is 0 Å². The second kappa shape index (κ2) is 6.88. The number of thiophene rings is 1. The molecule has 1 aromatic rings. The second-order valence-corrected chi connectivity index (χ2v) is 6.32. The Hall–Kier alpha value is 0.490. The van der Waals surface area contributed by atoms with Crippen molar-refractivity contribution in [3.8, 4) is 0 Å². The number of hydrogen-bond acceptors (Lipinski definition) is 3. The smallest absolute Gasteiger partial charge is 0.0314 e. The van der Waals surface area contributed by atoms with E-state index in [0.717, 1.165) is 13.1 Å². The van der Waals surface area contributed by atoms with Crippen molar-refractivity contribution in [2.24, 2.45) is 0 Å². The van der Waals surface area contributed by atoms with Gasteiger partial charge in [0, 0.05) is 20.8 Å². The van der Waals surface area contributed by atoms with Crippen LogP contribution in [0.15, 0.2) is 10.5 Å². The average molecular weight is 294 g/mol. The van der Waals surface area contributed by atoms with E-state index in [-0.39, 0.29) is 0 Å². The van der Waals surface area contributed by atoms with Crippen molar-refractivity contribution < 1.29 is 0 Å². The van der Waals surface area contributed by atoms with Gasteiger partial charge in [0.15, 0.2) is 0 Å². The highest BCUT2D eigenvalue weighted by Gasteiger charge is 2.01. The fraction of sp³-hybridized carbons (Fsp3) is 0.600. The maximum Gasteiger partial charge on any atom is 0.0314 e. The minimum atomic E-state index is 1.01. The van der Waals surface area contributed by atoms with Crippen molar-refractivity contribution in [1.29, 1.82) is 0 Å². The van der Waals surface area contributed by atoms with Gasteiger partial charge in [-0.2, -0.15) is 11.8 Å². The van der Waals surface area contributed by atoms with Crippen molar-refractivity contribution in [1.82, 2.24) is 5.32 Å². The van der Waals surface area contributed by atoms with Crippen LogP contribution in [0.2, 0.25) is 0 Å². The number of hydrogen-bond donors (Lipinski definition) is 1. The zero-order valence-electron chi connectivity index (χ0n) is 8.60. The lowest BCUT2D eigenvalue weighted by molar-refractivity contribution is 0.685. The molecule has 0 fully saturated rings. The zero-order chi connectivity index (χ0) is 10.4. The van der Waals surface area contributed by atoms with Gasteiger partial charge in [-0.3, -0.25) is 0 Å². The molecule has 1 aromatic heterocycles. The molecule has 0 unspecified atom stereocenters. The highest BCUT2D eigenvalue weighted by atomic mass is 79.9. The van der Waals surface area contributed by atoms with Gasteiger partial charge in [0.2, 0.25) is 0 Å². The molecule has 14 heavy (non-hydrogen) atoms. The summed E-state index contributed by atoms with van der Waals surface area (Å²) in [6.45, 7) is 4.27. The molecule has 0 aliphatic heterocycles. The van der Waals surface area contributed by atoms with E-state index >= 15 is 0 Å². The van der Waals surface area contributed by atoms with Crippen LogP contribution in [-0.2, 0) is 6.54 Å². The van der Waals surface area contributed by atoms with Crippen LogP contribution in [-0.4, -0.2) is 18.6 Å². The first kappa shape index (κ1) is 12.6. The molecule has 1 nitrogen and oxygen atoms in total. The first-order valence-electron chi connectivity index (χ1n) is 4.68. The van der Waals surface area contributed by atoms with Crippen LogP contribution < -0.4 is 5.32 Å². The van der Waals surface area contributed by atoms with Crippen molar-refractivity contribution in [3.63, 3.8) is 0 Å². The highest BCUT2D eigenvalue weighted by molar-refractivity contribution is 9.10. The molecule has 1 rings (SSSR count). The summed E-state index contributed by atoms with van der Waals surface area (Å²) in [6.07, 6.45) is 3.41. The van der Waals surface area contributed by atoms with E-state index in [4.69, 9.17) is 0 Å². The summed E-state index contributed by atoms with van der Waals surface area (Å²) < 4.78 is 1.24. The maximum atomic E-state index is 3.53. The van der Waals surface area contributed by atoms with Crippen molar-refractivity contribution >= 4 is 39.0 Å². The molecule has 0 aromatic carbocycles. The first-order valence-corrected chi connectivity index (χ1v) is 7.69. The molecule has 0 spiro atoms. The Morgan fingerprint density at radius 1 is 1.57 bits per heavy atom. The largest absolute Gasteiger partial charge is 0.312 e. The van der Waals surface area contributed by atoms with Crippen LogP contribution in [0.4, 0.5) is 0 Å². The van der Waals surface area contributed by atoms with E-state index in [9.17, 15) is 0 Å². The molecular weight excluding hydrogens is 278 g/mol. The van der Waals surface area contributed by atoms with Gasteiger partial charge < -0.3 is 5.32 Å². The summed E-state index contributed by atoms with van der Waals surface area (Å²) in [5.74, 6) is 1.25. The number of halogens is 1. The minimum Gasteiger partial charge on any atom is -0.312 e. The van der Waals surface area contributed by atoms with Gasteiger partial charge in [-0.15, -0.1) is 11.3 Å². The van der Waals surface area contributed by atoms with Crippen LogP contribution >= 0.6 is 39.0 Å². The van der Waals surface area contributed by atoms with Gasteiger partial charge in [-0.1, -0.05) is 0 Å². The quantitative estimate of drug-likeness (QED) is 0.804. The fourth-order valence-electron chi connectivity index (χ4n) is 1.16. The summed E-state index contributed by atoms with van der Waals surface area (Å²) in [6, 6.07) is 2.21. The van der Waals surface area contributed by atoms with Crippen LogP contribution in [0.1, 0.15) is 16.2 Å². The monoisotopic (exact) mass is 293 g/mol.